The number of carboxylic acids is 1. The molecule has 2 unspecified atom stereocenters. The molecule has 1 aliphatic carbocycles. The molecule has 1 aromatic rings. The van der Waals surface area contributed by atoms with Crippen molar-refractivity contribution >= 4 is 17.3 Å². The van der Waals surface area contributed by atoms with E-state index in [0.29, 0.717) is 6.42 Å². The van der Waals surface area contributed by atoms with Gasteiger partial charge in [0.05, 0.1) is 10.8 Å². The van der Waals surface area contributed by atoms with Crippen LogP contribution in [0.1, 0.15) is 12.0 Å². The second-order valence-electron chi connectivity index (χ2n) is 4.39. The average molecular weight is 273 g/mol. The van der Waals surface area contributed by atoms with Gasteiger partial charge in [0.1, 0.15) is 17.3 Å². The van der Waals surface area contributed by atoms with Gasteiger partial charge in [0.15, 0.2) is 0 Å². The zero-order valence-corrected chi connectivity index (χ0v) is 10.3. The molecule has 7 heteroatoms. The molecule has 0 aliphatic heterocycles. The van der Waals surface area contributed by atoms with Crippen LogP contribution < -0.4 is 5.32 Å². The Morgan fingerprint density at radius 2 is 2.25 bits per heavy atom. The van der Waals surface area contributed by atoms with E-state index in [9.17, 15) is 14.9 Å². The number of carboxylic acid groups (broad SMARTS) is 1. The summed E-state index contributed by atoms with van der Waals surface area (Å²) in [5, 5.41) is 31.7. The van der Waals surface area contributed by atoms with Gasteiger partial charge in [0.2, 0.25) is 0 Å². The Morgan fingerprint density at radius 1 is 1.50 bits per heavy atom. The van der Waals surface area contributed by atoms with Crippen molar-refractivity contribution in [2.45, 2.75) is 12.5 Å². The SMILES string of the molecule is N#Cc1cccc(NC2C=CC(C(=O)O)C2)c1[N+](=O)[O-]. The summed E-state index contributed by atoms with van der Waals surface area (Å²) < 4.78 is 0. The number of nitrogens with zero attached hydrogens (tertiary/aromatic N) is 2. The van der Waals surface area contributed by atoms with Gasteiger partial charge >= 0.3 is 11.7 Å². The zero-order valence-electron chi connectivity index (χ0n) is 10.3. The van der Waals surface area contributed by atoms with Gasteiger partial charge in [0.25, 0.3) is 0 Å². The Hall–Kier alpha value is -2.88. The van der Waals surface area contributed by atoms with Gasteiger partial charge in [-0.15, -0.1) is 0 Å². The van der Waals surface area contributed by atoms with Crippen molar-refractivity contribution in [3.05, 3.63) is 46.0 Å². The summed E-state index contributed by atoms with van der Waals surface area (Å²) in [6.07, 6.45) is 3.55. The second-order valence-corrected chi connectivity index (χ2v) is 4.39. The summed E-state index contributed by atoms with van der Waals surface area (Å²) in [5.74, 6) is -1.52. The van der Waals surface area contributed by atoms with E-state index in [2.05, 4.69) is 5.32 Å². The molecule has 0 bridgehead atoms. The van der Waals surface area contributed by atoms with Crippen LogP contribution in [-0.4, -0.2) is 22.0 Å². The molecule has 0 saturated carbocycles. The molecule has 0 spiro atoms. The van der Waals surface area contributed by atoms with Crippen LogP contribution in [0.2, 0.25) is 0 Å². The highest BCUT2D eigenvalue weighted by atomic mass is 16.6. The summed E-state index contributed by atoms with van der Waals surface area (Å²) >= 11 is 0. The monoisotopic (exact) mass is 273 g/mol. The molecule has 0 aromatic heterocycles. The quantitative estimate of drug-likeness (QED) is 0.491. The maximum absolute atomic E-state index is 11.1. The number of nitro groups is 1. The predicted octanol–water partition coefficient (Wildman–Crippen LogP) is 1.91. The zero-order chi connectivity index (χ0) is 14.7. The van der Waals surface area contributed by atoms with Crippen LogP contribution in [0.5, 0.6) is 0 Å². The summed E-state index contributed by atoms with van der Waals surface area (Å²) in [5.41, 5.74) is -0.103. The molecular weight excluding hydrogens is 262 g/mol. The van der Waals surface area contributed by atoms with Crippen LogP contribution in [0.4, 0.5) is 11.4 Å². The van der Waals surface area contributed by atoms with Gasteiger partial charge in [0, 0.05) is 6.04 Å². The van der Waals surface area contributed by atoms with Crippen molar-refractivity contribution in [1.82, 2.24) is 0 Å². The third kappa shape index (κ3) is 2.59. The number of benzene rings is 1. The number of nitrogens with one attached hydrogen (secondary N) is 1. The molecule has 7 nitrogen and oxygen atoms in total. The molecular formula is C13H11N3O4. The molecule has 0 amide bonds. The highest BCUT2D eigenvalue weighted by molar-refractivity contribution is 5.74. The Bertz CT molecular complexity index is 633. The molecule has 0 saturated heterocycles. The minimum absolute atomic E-state index is 0.0308. The van der Waals surface area contributed by atoms with Gasteiger partial charge in [-0.25, -0.2) is 0 Å². The van der Waals surface area contributed by atoms with Gasteiger partial charge in [-0.05, 0) is 18.6 Å². The Balaban J connectivity index is 2.23. The normalized spacial score (nSPS) is 20.4. The first-order valence-electron chi connectivity index (χ1n) is 5.88. The lowest BCUT2D eigenvalue weighted by Gasteiger charge is -2.13. The topological polar surface area (TPSA) is 116 Å². The molecule has 0 radical (unpaired) electrons. The lowest BCUT2D eigenvalue weighted by molar-refractivity contribution is -0.384. The number of anilines is 1. The highest BCUT2D eigenvalue weighted by Gasteiger charge is 2.27. The first-order valence-corrected chi connectivity index (χ1v) is 5.88. The number of rotatable bonds is 4. The van der Waals surface area contributed by atoms with E-state index in [1.807, 2.05) is 0 Å². The lowest BCUT2D eigenvalue weighted by Crippen LogP contribution is -2.19. The third-order valence-corrected chi connectivity index (χ3v) is 3.08. The van der Waals surface area contributed by atoms with E-state index in [1.54, 1.807) is 24.3 Å². The molecule has 1 aromatic carbocycles. The van der Waals surface area contributed by atoms with Gasteiger partial charge in [-0.3, -0.25) is 14.9 Å². The van der Waals surface area contributed by atoms with Crippen molar-refractivity contribution in [3.63, 3.8) is 0 Å². The van der Waals surface area contributed by atoms with E-state index in [-0.39, 0.29) is 23.0 Å². The summed E-state index contributed by atoms with van der Waals surface area (Å²) in [7, 11) is 0. The Labute approximate surface area is 114 Å². The maximum atomic E-state index is 11.1. The number of hydrogen-bond acceptors (Lipinski definition) is 5. The molecule has 2 N–H and O–H groups in total. The van der Waals surface area contributed by atoms with Crippen molar-refractivity contribution in [2.75, 3.05) is 5.32 Å². The summed E-state index contributed by atoms with van der Waals surface area (Å²) in [4.78, 5) is 21.3. The Morgan fingerprint density at radius 3 is 2.80 bits per heavy atom. The fraction of sp³-hybridized carbons (Fsp3) is 0.231. The van der Waals surface area contributed by atoms with Crippen LogP contribution in [0, 0.1) is 27.4 Å². The molecule has 102 valence electrons. The summed E-state index contributed by atoms with van der Waals surface area (Å²) in [6.45, 7) is 0. The number of nitro benzene ring substituents is 1. The number of carbonyl (C=O) groups is 1. The van der Waals surface area contributed by atoms with Crippen molar-refractivity contribution in [3.8, 4) is 6.07 Å². The van der Waals surface area contributed by atoms with E-state index in [4.69, 9.17) is 10.4 Å². The van der Waals surface area contributed by atoms with Crippen LogP contribution in [0.3, 0.4) is 0 Å². The van der Waals surface area contributed by atoms with Crippen molar-refractivity contribution in [1.29, 1.82) is 5.26 Å². The standard InChI is InChI=1S/C13H11N3O4/c14-7-9-2-1-3-11(12(9)16(19)20)15-10-5-4-8(6-10)13(17)18/h1-5,8,10,15H,6H2,(H,17,18). The molecule has 0 heterocycles. The van der Waals surface area contributed by atoms with Gasteiger partial charge in [-0.2, -0.15) is 5.26 Å². The molecule has 2 rings (SSSR count). The predicted molar refractivity (Wildman–Crippen MR) is 70.1 cm³/mol. The average Bonchev–Trinajstić information content (AvgIpc) is 2.86. The minimum Gasteiger partial charge on any atom is -0.481 e. The number of nitriles is 1. The first kappa shape index (κ1) is 13.5. The van der Waals surface area contributed by atoms with E-state index in [1.165, 1.54) is 12.1 Å². The molecule has 0 fully saturated rings. The van der Waals surface area contributed by atoms with Gasteiger partial charge in [-0.1, -0.05) is 18.2 Å². The van der Waals surface area contributed by atoms with Crippen LogP contribution in [0.25, 0.3) is 0 Å². The third-order valence-electron chi connectivity index (χ3n) is 3.08. The molecule has 20 heavy (non-hydrogen) atoms. The largest absolute Gasteiger partial charge is 0.481 e. The smallest absolute Gasteiger partial charge is 0.310 e. The van der Waals surface area contributed by atoms with E-state index in [0.717, 1.165) is 0 Å². The number of hydrogen-bond donors (Lipinski definition) is 2. The van der Waals surface area contributed by atoms with E-state index < -0.39 is 16.8 Å². The number of aliphatic carboxylic acids is 1. The van der Waals surface area contributed by atoms with Gasteiger partial charge < -0.3 is 10.4 Å². The second kappa shape index (κ2) is 5.40. The maximum Gasteiger partial charge on any atom is 0.310 e. The van der Waals surface area contributed by atoms with Crippen LogP contribution in [-0.2, 0) is 4.79 Å². The lowest BCUT2D eigenvalue weighted by atomic mass is 10.1. The number of para-hydroxylation sites is 1. The fourth-order valence-corrected chi connectivity index (χ4v) is 2.14. The first-order chi connectivity index (χ1) is 9.52. The van der Waals surface area contributed by atoms with Crippen LogP contribution in [0.15, 0.2) is 30.4 Å². The highest BCUT2D eigenvalue weighted by Crippen LogP contribution is 2.30. The van der Waals surface area contributed by atoms with Crippen molar-refractivity contribution in [2.24, 2.45) is 5.92 Å². The fourth-order valence-electron chi connectivity index (χ4n) is 2.14. The van der Waals surface area contributed by atoms with E-state index >= 15 is 0 Å². The minimum atomic E-state index is -0.925. The summed E-state index contributed by atoms with van der Waals surface area (Å²) in [6, 6.07) is 5.89. The van der Waals surface area contributed by atoms with Crippen molar-refractivity contribution < 1.29 is 14.8 Å². The molecule has 1 aliphatic rings. The van der Waals surface area contributed by atoms with Crippen LogP contribution >= 0.6 is 0 Å². The Kier molecular flexibility index (Phi) is 3.66. The molecule has 2 atom stereocenters.